The Morgan fingerprint density at radius 1 is 1.27 bits per heavy atom. The van der Waals surface area contributed by atoms with Crippen LogP contribution >= 0.6 is 0 Å². The van der Waals surface area contributed by atoms with Crippen molar-refractivity contribution in [1.29, 1.82) is 0 Å². The number of rotatable bonds is 5. The molecule has 1 heterocycles. The molecule has 0 radical (unpaired) electrons. The molecule has 9 heteroatoms. The molecule has 2 aromatic carbocycles. The summed E-state index contributed by atoms with van der Waals surface area (Å²) in [7, 11) is 0. The van der Waals surface area contributed by atoms with E-state index in [1.807, 2.05) is 0 Å². The summed E-state index contributed by atoms with van der Waals surface area (Å²) in [5, 5.41) is 23.7. The van der Waals surface area contributed by atoms with Gasteiger partial charge in [0.15, 0.2) is 11.5 Å². The van der Waals surface area contributed by atoms with Gasteiger partial charge in [-0.25, -0.2) is 4.39 Å². The van der Waals surface area contributed by atoms with Crippen LogP contribution in [0, 0.1) is 15.9 Å². The fourth-order valence-electron chi connectivity index (χ4n) is 2.53. The number of hydrogen-bond donors (Lipinski definition) is 2. The molecule has 0 saturated carbocycles. The van der Waals surface area contributed by atoms with E-state index in [9.17, 15) is 24.4 Å². The number of carbonyl (C=O) groups is 1. The Morgan fingerprint density at radius 2 is 1.96 bits per heavy atom. The van der Waals surface area contributed by atoms with Crippen molar-refractivity contribution in [3.05, 3.63) is 63.5 Å². The monoisotopic (exact) mass is 362 g/mol. The predicted octanol–water partition coefficient (Wildman–Crippen LogP) is 1.97. The van der Waals surface area contributed by atoms with Crippen molar-refractivity contribution in [3.63, 3.8) is 0 Å². The van der Waals surface area contributed by atoms with Crippen molar-refractivity contribution in [2.75, 3.05) is 19.8 Å². The minimum Gasteiger partial charge on any atom is -0.486 e. The standard InChI is InChI=1S/C17H15FN2O6/c18-11-3-1-2-10(6-11)14(21)9-19-17(22)12-7-15-16(26-5-4-25-15)8-13(12)20(23)24/h1-3,6-8,14,21H,4-5,9H2,(H,19,22). The maximum absolute atomic E-state index is 13.2. The summed E-state index contributed by atoms with van der Waals surface area (Å²) in [6.07, 6.45) is -1.16. The molecule has 3 rings (SSSR count). The highest BCUT2D eigenvalue weighted by Crippen LogP contribution is 2.36. The van der Waals surface area contributed by atoms with Gasteiger partial charge in [-0.15, -0.1) is 0 Å². The first-order valence-corrected chi connectivity index (χ1v) is 7.75. The Labute approximate surface area is 147 Å². The van der Waals surface area contributed by atoms with Crippen LogP contribution in [-0.2, 0) is 0 Å². The van der Waals surface area contributed by atoms with Gasteiger partial charge in [0.05, 0.1) is 17.1 Å². The molecule has 1 aliphatic rings. The lowest BCUT2D eigenvalue weighted by Gasteiger charge is -2.19. The Bertz CT molecular complexity index is 857. The predicted molar refractivity (Wildman–Crippen MR) is 87.8 cm³/mol. The number of nitro benzene ring substituents is 1. The zero-order valence-electron chi connectivity index (χ0n) is 13.5. The molecule has 1 amide bonds. The number of ether oxygens (including phenoxy) is 2. The van der Waals surface area contributed by atoms with E-state index >= 15 is 0 Å². The van der Waals surface area contributed by atoms with Crippen LogP contribution < -0.4 is 14.8 Å². The number of benzene rings is 2. The second kappa shape index (κ2) is 7.36. The maximum atomic E-state index is 13.2. The van der Waals surface area contributed by atoms with Crippen LogP contribution in [0.3, 0.4) is 0 Å². The van der Waals surface area contributed by atoms with Crippen molar-refractivity contribution in [2.45, 2.75) is 6.10 Å². The fourth-order valence-corrected chi connectivity index (χ4v) is 2.53. The van der Waals surface area contributed by atoms with Crippen molar-refractivity contribution in [3.8, 4) is 11.5 Å². The number of aliphatic hydroxyl groups is 1. The van der Waals surface area contributed by atoms with Crippen molar-refractivity contribution < 1.29 is 28.7 Å². The number of fused-ring (bicyclic) bond motifs is 1. The summed E-state index contributed by atoms with van der Waals surface area (Å²) >= 11 is 0. The van der Waals surface area contributed by atoms with Gasteiger partial charge < -0.3 is 19.9 Å². The van der Waals surface area contributed by atoms with Gasteiger partial charge >= 0.3 is 0 Å². The quantitative estimate of drug-likeness (QED) is 0.621. The highest BCUT2D eigenvalue weighted by atomic mass is 19.1. The third-order valence-electron chi connectivity index (χ3n) is 3.79. The molecule has 0 aliphatic carbocycles. The SMILES string of the molecule is O=C(NCC(O)c1cccc(F)c1)c1cc2c(cc1[N+](=O)[O-])OCCO2. The molecule has 1 aliphatic heterocycles. The Morgan fingerprint density at radius 3 is 2.62 bits per heavy atom. The second-order valence-corrected chi connectivity index (χ2v) is 5.55. The molecule has 1 unspecified atom stereocenters. The largest absolute Gasteiger partial charge is 0.486 e. The van der Waals surface area contributed by atoms with E-state index < -0.39 is 28.4 Å². The van der Waals surface area contributed by atoms with Crippen molar-refractivity contribution in [1.82, 2.24) is 5.32 Å². The Balaban J connectivity index is 1.77. The molecule has 2 N–H and O–H groups in total. The lowest BCUT2D eigenvalue weighted by Crippen LogP contribution is -2.29. The molecule has 0 aromatic heterocycles. The highest BCUT2D eigenvalue weighted by molar-refractivity contribution is 5.99. The topological polar surface area (TPSA) is 111 Å². The van der Waals surface area contributed by atoms with Crippen LogP contribution in [0.1, 0.15) is 22.0 Å². The van der Waals surface area contributed by atoms with Gasteiger partial charge in [0.2, 0.25) is 0 Å². The number of carbonyl (C=O) groups excluding carboxylic acids is 1. The van der Waals surface area contributed by atoms with Gasteiger partial charge in [0.1, 0.15) is 24.6 Å². The number of nitrogens with one attached hydrogen (secondary N) is 1. The molecular formula is C17H15FN2O6. The summed E-state index contributed by atoms with van der Waals surface area (Å²) in [6, 6.07) is 7.67. The maximum Gasteiger partial charge on any atom is 0.286 e. The normalized spacial score (nSPS) is 13.8. The second-order valence-electron chi connectivity index (χ2n) is 5.55. The van der Waals surface area contributed by atoms with Crippen LogP contribution in [-0.4, -0.2) is 35.7 Å². The fraction of sp³-hybridized carbons (Fsp3) is 0.235. The highest BCUT2D eigenvalue weighted by Gasteiger charge is 2.26. The van der Waals surface area contributed by atoms with E-state index in [-0.39, 0.29) is 42.4 Å². The van der Waals surface area contributed by atoms with Crippen LogP contribution in [0.2, 0.25) is 0 Å². The van der Waals surface area contributed by atoms with Gasteiger partial charge in [0, 0.05) is 12.6 Å². The zero-order chi connectivity index (χ0) is 18.7. The smallest absolute Gasteiger partial charge is 0.286 e. The average Bonchev–Trinajstić information content (AvgIpc) is 2.64. The minimum absolute atomic E-state index is 0.194. The molecule has 8 nitrogen and oxygen atoms in total. The van der Waals surface area contributed by atoms with Gasteiger partial charge in [-0.05, 0) is 17.7 Å². The first-order chi connectivity index (χ1) is 12.5. The van der Waals surface area contributed by atoms with E-state index in [0.29, 0.717) is 0 Å². The summed E-state index contributed by atoms with van der Waals surface area (Å²) in [4.78, 5) is 22.9. The third-order valence-corrected chi connectivity index (χ3v) is 3.79. The van der Waals surface area contributed by atoms with Crippen LogP contribution in [0.15, 0.2) is 36.4 Å². The molecule has 0 bridgehead atoms. The van der Waals surface area contributed by atoms with Gasteiger partial charge in [0.25, 0.3) is 11.6 Å². The minimum atomic E-state index is -1.16. The van der Waals surface area contributed by atoms with E-state index in [0.717, 1.165) is 12.1 Å². The van der Waals surface area contributed by atoms with E-state index in [4.69, 9.17) is 9.47 Å². The lowest BCUT2D eigenvalue weighted by molar-refractivity contribution is -0.385. The molecule has 26 heavy (non-hydrogen) atoms. The van der Waals surface area contributed by atoms with Crippen LogP contribution in [0.4, 0.5) is 10.1 Å². The van der Waals surface area contributed by atoms with Crippen molar-refractivity contribution in [2.24, 2.45) is 0 Å². The number of nitro groups is 1. The number of hydrogen-bond acceptors (Lipinski definition) is 6. The number of halogens is 1. The first kappa shape index (κ1) is 17.6. The first-order valence-electron chi connectivity index (χ1n) is 7.75. The summed E-state index contributed by atoms with van der Waals surface area (Å²) < 4.78 is 23.8. The summed E-state index contributed by atoms with van der Waals surface area (Å²) in [5.74, 6) is -0.851. The summed E-state index contributed by atoms with van der Waals surface area (Å²) in [6.45, 7) is 0.285. The van der Waals surface area contributed by atoms with Crippen molar-refractivity contribution >= 4 is 11.6 Å². The van der Waals surface area contributed by atoms with Crippen LogP contribution in [0.5, 0.6) is 11.5 Å². The molecular weight excluding hydrogens is 347 g/mol. The molecule has 1 atom stereocenters. The van der Waals surface area contributed by atoms with E-state index in [1.54, 1.807) is 0 Å². The average molecular weight is 362 g/mol. The van der Waals surface area contributed by atoms with E-state index in [1.165, 1.54) is 24.3 Å². The Kier molecular flexibility index (Phi) is 4.99. The molecule has 136 valence electrons. The van der Waals surface area contributed by atoms with Crippen LogP contribution in [0.25, 0.3) is 0 Å². The number of aliphatic hydroxyl groups excluding tert-OH is 1. The number of nitrogens with zero attached hydrogens (tertiary/aromatic N) is 1. The molecule has 0 saturated heterocycles. The zero-order valence-corrected chi connectivity index (χ0v) is 13.5. The third kappa shape index (κ3) is 3.72. The van der Waals surface area contributed by atoms with E-state index in [2.05, 4.69) is 5.32 Å². The summed E-state index contributed by atoms with van der Waals surface area (Å²) in [5.41, 5.74) is -0.375. The van der Waals surface area contributed by atoms with Gasteiger partial charge in [-0.1, -0.05) is 12.1 Å². The molecule has 0 fully saturated rings. The van der Waals surface area contributed by atoms with Gasteiger partial charge in [-0.3, -0.25) is 14.9 Å². The Hall–Kier alpha value is -3.20. The van der Waals surface area contributed by atoms with Gasteiger partial charge in [-0.2, -0.15) is 0 Å². The lowest BCUT2D eigenvalue weighted by atomic mass is 10.1. The number of amides is 1. The molecule has 0 spiro atoms. The molecule has 2 aromatic rings.